The van der Waals surface area contributed by atoms with Crippen molar-refractivity contribution in [1.29, 1.82) is 0 Å². The van der Waals surface area contributed by atoms with E-state index >= 15 is 0 Å². The molecule has 0 saturated heterocycles. The lowest BCUT2D eigenvalue weighted by atomic mass is 10.1. The summed E-state index contributed by atoms with van der Waals surface area (Å²) in [6, 6.07) is 14.7. The van der Waals surface area contributed by atoms with E-state index in [0.717, 1.165) is 16.8 Å². The molecule has 0 bridgehead atoms. The van der Waals surface area contributed by atoms with Crippen molar-refractivity contribution >= 4 is 39.2 Å². The normalized spacial score (nSPS) is 11.7. The SMILES string of the molecule is Cc1cc(C(=O)COC(=O)CNS(=O)(=O)/C=C/c2ccccc2)c(C)n1Cc1cccs1. The van der Waals surface area contributed by atoms with Gasteiger partial charge in [0.2, 0.25) is 15.8 Å². The predicted molar refractivity (Wildman–Crippen MR) is 125 cm³/mol. The Kier molecular flexibility index (Phi) is 7.79. The van der Waals surface area contributed by atoms with Crippen molar-refractivity contribution in [1.82, 2.24) is 9.29 Å². The van der Waals surface area contributed by atoms with Crippen LogP contribution in [0.2, 0.25) is 0 Å². The molecular formula is C23H24N2O5S2. The first-order valence-electron chi connectivity index (χ1n) is 9.86. The molecule has 9 heteroatoms. The van der Waals surface area contributed by atoms with Crippen LogP contribution < -0.4 is 4.72 Å². The summed E-state index contributed by atoms with van der Waals surface area (Å²) in [6.07, 6.45) is 1.42. The molecule has 32 heavy (non-hydrogen) atoms. The predicted octanol–water partition coefficient (Wildman–Crippen LogP) is 3.53. The number of Topliss-reactive ketones (excluding diaryl/α,β-unsaturated/α-hetero) is 1. The Hall–Kier alpha value is -3.01. The number of ether oxygens (including phenoxy) is 1. The Labute approximate surface area is 191 Å². The number of carbonyl (C=O) groups is 2. The molecule has 0 amide bonds. The minimum atomic E-state index is -3.82. The van der Waals surface area contributed by atoms with Crippen LogP contribution in [0, 0.1) is 13.8 Å². The molecule has 2 heterocycles. The number of nitrogens with zero attached hydrogens (tertiary/aromatic N) is 1. The zero-order valence-electron chi connectivity index (χ0n) is 17.8. The van der Waals surface area contributed by atoms with E-state index in [1.54, 1.807) is 41.7 Å². The monoisotopic (exact) mass is 472 g/mol. The van der Waals surface area contributed by atoms with Gasteiger partial charge in [0.15, 0.2) is 6.61 Å². The summed E-state index contributed by atoms with van der Waals surface area (Å²) in [6.45, 7) is 3.42. The molecule has 1 aromatic carbocycles. The molecule has 0 atom stereocenters. The zero-order chi connectivity index (χ0) is 23.1. The van der Waals surface area contributed by atoms with E-state index in [-0.39, 0.29) is 5.78 Å². The number of hydrogen-bond acceptors (Lipinski definition) is 6. The van der Waals surface area contributed by atoms with Crippen molar-refractivity contribution in [2.24, 2.45) is 0 Å². The number of ketones is 1. The molecule has 0 fully saturated rings. The number of rotatable bonds is 10. The first kappa shape index (κ1) is 23.6. The van der Waals surface area contributed by atoms with Crippen LogP contribution in [0.5, 0.6) is 0 Å². The Morgan fingerprint density at radius 2 is 1.88 bits per heavy atom. The zero-order valence-corrected chi connectivity index (χ0v) is 19.4. The third-order valence-electron chi connectivity index (χ3n) is 4.79. The van der Waals surface area contributed by atoms with Crippen LogP contribution in [-0.2, 0) is 26.1 Å². The van der Waals surface area contributed by atoms with Crippen molar-refractivity contribution in [2.45, 2.75) is 20.4 Å². The number of benzene rings is 1. The van der Waals surface area contributed by atoms with Crippen molar-refractivity contribution in [3.8, 4) is 0 Å². The molecule has 0 unspecified atom stereocenters. The van der Waals surface area contributed by atoms with Gasteiger partial charge in [0.05, 0.1) is 6.54 Å². The highest BCUT2D eigenvalue weighted by Crippen LogP contribution is 2.19. The standard InChI is InChI=1S/C23H24N2O5S2/c1-17-13-21(18(2)25(17)15-20-9-6-11-31-20)22(26)16-30-23(27)14-24-32(28,29)12-10-19-7-4-3-5-8-19/h3-13,24H,14-16H2,1-2H3/b12-10+. The van der Waals surface area contributed by atoms with Crippen molar-refractivity contribution in [3.05, 3.63) is 86.7 Å². The highest BCUT2D eigenvalue weighted by Gasteiger charge is 2.18. The molecule has 168 valence electrons. The summed E-state index contributed by atoms with van der Waals surface area (Å²) in [4.78, 5) is 25.7. The van der Waals surface area contributed by atoms with Crippen molar-refractivity contribution < 1.29 is 22.7 Å². The van der Waals surface area contributed by atoms with Crippen LogP contribution in [0.3, 0.4) is 0 Å². The van der Waals surface area contributed by atoms with Gasteiger partial charge in [-0.3, -0.25) is 9.59 Å². The van der Waals surface area contributed by atoms with Crippen molar-refractivity contribution in [2.75, 3.05) is 13.2 Å². The molecule has 0 radical (unpaired) electrons. The number of aryl methyl sites for hydroxylation is 1. The fourth-order valence-electron chi connectivity index (χ4n) is 3.10. The molecular weight excluding hydrogens is 448 g/mol. The van der Waals surface area contributed by atoms with E-state index in [1.807, 2.05) is 42.0 Å². The van der Waals surface area contributed by atoms with Crippen LogP contribution >= 0.6 is 11.3 Å². The highest BCUT2D eigenvalue weighted by molar-refractivity contribution is 7.92. The van der Waals surface area contributed by atoms with Gasteiger partial charge in [-0.1, -0.05) is 36.4 Å². The van der Waals surface area contributed by atoms with E-state index in [9.17, 15) is 18.0 Å². The van der Waals surface area contributed by atoms with E-state index in [0.29, 0.717) is 17.7 Å². The first-order valence-corrected chi connectivity index (χ1v) is 12.3. The van der Waals surface area contributed by atoms with E-state index in [2.05, 4.69) is 4.72 Å². The van der Waals surface area contributed by atoms with Gasteiger partial charge in [-0.05, 0) is 43.0 Å². The number of thiophene rings is 1. The molecule has 0 aliphatic carbocycles. The van der Waals surface area contributed by atoms with E-state index in [4.69, 9.17) is 4.74 Å². The average Bonchev–Trinajstić information content (AvgIpc) is 3.39. The maximum absolute atomic E-state index is 12.6. The quantitative estimate of drug-likeness (QED) is 0.360. The third-order valence-corrected chi connectivity index (χ3v) is 6.69. The number of nitrogens with one attached hydrogen (secondary N) is 1. The molecule has 3 aromatic rings. The van der Waals surface area contributed by atoms with Crippen LogP contribution in [-0.4, -0.2) is 37.9 Å². The van der Waals surface area contributed by atoms with Gasteiger partial charge >= 0.3 is 5.97 Å². The number of hydrogen-bond donors (Lipinski definition) is 1. The van der Waals surface area contributed by atoms with Gasteiger partial charge < -0.3 is 9.30 Å². The molecule has 0 spiro atoms. The highest BCUT2D eigenvalue weighted by atomic mass is 32.2. The molecule has 3 rings (SSSR count). The van der Waals surface area contributed by atoms with Crippen LogP contribution in [0.1, 0.15) is 32.2 Å². The summed E-state index contributed by atoms with van der Waals surface area (Å²) >= 11 is 1.64. The van der Waals surface area contributed by atoms with E-state index in [1.165, 1.54) is 11.0 Å². The molecule has 1 N–H and O–H groups in total. The van der Waals surface area contributed by atoms with Gasteiger partial charge in [-0.25, -0.2) is 13.1 Å². The lowest BCUT2D eigenvalue weighted by Crippen LogP contribution is -2.30. The maximum Gasteiger partial charge on any atom is 0.321 e. The summed E-state index contributed by atoms with van der Waals surface area (Å²) < 4.78 is 33.2. The lowest BCUT2D eigenvalue weighted by Gasteiger charge is -2.08. The second-order valence-electron chi connectivity index (χ2n) is 7.11. The van der Waals surface area contributed by atoms with Gasteiger partial charge in [-0.2, -0.15) is 0 Å². The topological polar surface area (TPSA) is 94.5 Å². The Morgan fingerprint density at radius 1 is 1.12 bits per heavy atom. The Morgan fingerprint density at radius 3 is 2.56 bits per heavy atom. The summed E-state index contributed by atoms with van der Waals surface area (Å²) in [5, 5.41) is 2.98. The van der Waals surface area contributed by atoms with Gasteiger partial charge in [-0.15, -0.1) is 11.3 Å². The minimum absolute atomic E-state index is 0.337. The third kappa shape index (κ3) is 6.49. The van der Waals surface area contributed by atoms with Crippen molar-refractivity contribution in [3.63, 3.8) is 0 Å². The smallest absolute Gasteiger partial charge is 0.321 e. The fourth-order valence-corrected chi connectivity index (χ4v) is 4.54. The van der Waals surface area contributed by atoms with Gasteiger partial charge in [0.25, 0.3) is 0 Å². The summed E-state index contributed by atoms with van der Waals surface area (Å²) in [5.41, 5.74) is 2.92. The second kappa shape index (κ2) is 10.5. The number of aromatic nitrogens is 1. The van der Waals surface area contributed by atoms with Gasteiger partial charge in [0.1, 0.15) is 6.54 Å². The minimum Gasteiger partial charge on any atom is -0.456 e. The average molecular weight is 473 g/mol. The number of sulfonamides is 1. The van der Waals surface area contributed by atoms with Crippen LogP contribution in [0.15, 0.2) is 59.3 Å². The number of esters is 1. The number of carbonyl (C=O) groups excluding carboxylic acids is 2. The lowest BCUT2D eigenvalue weighted by molar-refractivity contribution is -0.141. The molecule has 0 saturated carbocycles. The summed E-state index contributed by atoms with van der Waals surface area (Å²) in [5.74, 6) is -1.17. The molecule has 0 aliphatic rings. The Balaban J connectivity index is 1.51. The Bertz CT molecular complexity index is 1210. The van der Waals surface area contributed by atoms with Gasteiger partial charge in [0, 0.05) is 27.2 Å². The largest absolute Gasteiger partial charge is 0.456 e. The van der Waals surface area contributed by atoms with Crippen LogP contribution in [0.25, 0.3) is 6.08 Å². The fraction of sp³-hybridized carbons (Fsp3) is 0.217. The maximum atomic E-state index is 12.6. The molecule has 2 aromatic heterocycles. The molecule has 0 aliphatic heterocycles. The van der Waals surface area contributed by atoms with Crippen LogP contribution in [0.4, 0.5) is 0 Å². The first-order chi connectivity index (χ1) is 15.2. The second-order valence-corrected chi connectivity index (χ2v) is 9.80. The summed E-state index contributed by atoms with van der Waals surface area (Å²) in [7, 11) is -3.82. The molecule has 7 nitrogen and oxygen atoms in total. The van der Waals surface area contributed by atoms with E-state index < -0.39 is 29.1 Å².